The average Bonchev–Trinajstić information content (AvgIpc) is 2.47. The number of rotatable bonds is 4. The Labute approximate surface area is 128 Å². The van der Waals surface area contributed by atoms with E-state index in [2.05, 4.69) is 10.6 Å². The van der Waals surface area contributed by atoms with E-state index in [9.17, 15) is 14.7 Å². The average molecular weight is 311 g/mol. The third kappa shape index (κ3) is 3.19. The molecule has 2 rings (SSSR count). The highest BCUT2D eigenvalue weighted by atomic mass is 35.5. The van der Waals surface area contributed by atoms with Gasteiger partial charge in [0.1, 0.15) is 5.56 Å². The molecule has 0 radical (unpaired) electrons. The molecule has 1 amide bonds. The minimum atomic E-state index is -1.15. The van der Waals surface area contributed by atoms with Crippen molar-refractivity contribution >= 4 is 29.2 Å². The van der Waals surface area contributed by atoms with Crippen molar-refractivity contribution in [1.29, 1.82) is 0 Å². The predicted octanol–water partition coefficient (Wildman–Crippen LogP) is 2.76. The molecule has 6 heteroatoms. The second-order valence-corrected chi connectivity index (χ2v) is 5.74. The first-order chi connectivity index (χ1) is 10.00. The van der Waals surface area contributed by atoms with Gasteiger partial charge in [-0.15, -0.1) is 0 Å². The largest absolute Gasteiger partial charge is 0.478 e. The highest BCUT2D eigenvalue weighted by Gasteiger charge is 2.38. The molecule has 1 aromatic rings. The summed E-state index contributed by atoms with van der Waals surface area (Å²) < 4.78 is 0. The number of carboxylic acid groups (broad SMARTS) is 1. The van der Waals surface area contributed by atoms with Gasteiger partial charge in [-0.2, -0.15) is 0 Å². The number of carbonyl (C=O) groups excluding carboxylic acids is 1. The van der Waals surface area contributed by atoms with Crippen LogP contribution in [0.15, 0.2) is 18.2 Å². The number of carboxylic acids is 1. The first kappa shape index (κ1) is 15.8. The summed E-state index contributed by atoms with van der Waals surface area (Å²) in [6.45, 7) is 3.49. The van der Waals surface area contributed by atoms with E-state index in [0.717, 1.165) is 19.4 Å². The van der Waals surface area contributed by atoms with Crippen LogP contribution in [0, 0.1) is 5.41 Å². The summed E-state index contributed by atoms with van der Waals surface area (Å²) in [5.74, 6) is -1.30. The molecule has 1 saturated heterocycles. The van der Waals surface area contributed by atoms with E-state index in [1.807, 2.05) is 6.92 Å². The third-order valence-electron chi connectivity index (χ3n) is 4.11. The second-order valence-electron chi connectivity index (χ2n) is 5.34. The fourth-order valence-corrected chi connectivity index (χ4v) is 2.98. The zero-order valence-electron chi connectivity index (χ0n) is 11.9. The molecule has 0 saturated carbocycles. The number of aromatic carboxylic acids is 1. The third-order valence-corrected chi connectivity index (χ3v) is 4.42. The van der Waals surface area contributed by atoms with Gasteiger partial charge in [-0.1, -0.05) is 24.6 Å². The van der Waals surface area contributed by atoms with E-state index in [1.165, 1.54) is 6.07 Å². The van der Waals surface area contributed by atoms with Crippen LogP contribution < -0.4 is 10.6 Å². The summed E-state index contributed by atoms with van der Waals surface area (Å²) in [5, 5.41) is 15.3. The molecule has 5 nitrogen and oxygen atoms in total. The van der Waals surface area contributed by atoms with Crippen LogP contribution in [-0.2, 0) is 4.79 Å². The van der Waals surface area contributed by atoms with Crippen molar-refractivity contribution in [3.8, 4) is 0 Å². The van der Waals surface area contributed by atoms with Crippen LogP contribution in [0.1, 0.15) is 36.5 Å². The van der Waals surface area contributed by atoms with Gasteiger partial charge in [0.15, 0.2) is 0 Å². The lowest BCUT2D eigenvalue weighted by molar-refractivity contribution is -0.126. The highest BCUT2D eigenvalue weighted by molar-refractivity contribution is 6.34. The number of benzene rings is 1. The Morgan fingerprint density at radius 1 is 1.48 bits per heavy atom. The maximum Gasteiger partial charge on any atom is 0.339 e. The molecule has 3 N–H and O–H groups in total. The molecule has 1 atom stereocenters. The molecule has 21 heavy (non-hydrogen) atoms. The van der Waals surface area contributed by atoms with E-state index in [-0.39, 0.29) is 22.2 Å². The van der Waals surface area contributed by atoms with Crippen molar-refractivity contribution in [2.75, 3.05) is 18.4 Å². The topological polar surface area (TPSA) is 78.4 Å². The number of anilines is 1. The Morgan fingerprint density at radius 2 is 2.24 bits per heavy atom. The first-order valence-corrected chi connectivity index (χ1v) is 7.42. The molecule has 1 aromatic carbocycles. The SMILES string of the molecule is CCC1(C(=O)Nc2cccc(Cl)c2C(=O)O)CCCNC1. The number of amides is 1. The summed E-state index contributed by atoms with van der Waals surface area (Å²) in [4.78, 5) is 23.9. The minimum absolute atomic E-state index is 0.0671. The van der Waals surface area contributed by atoms with Crippen molar-refractivity contribution in [3.63, 3.8) is 0 Å². The number of nitrogens with one attached hydrogen (secondary N) is 2. The van der Waals surface area contributed by atoms with E-state index in [0.29, 0.717) is 13.0 Å². The Morgan fingerprint density at radius 3 is 2.81 bits per heavy atom. The molecule has 0 aliphatic carbocycles. The zero-order valence-corrected chi connectivity index (χ0v) is 12.7. The molecule has 1 heterocycles. The first-order valence-electron chi connectivity index (χ1n) is 7.04. The van der Waals surface area contributed by atoms with E-state index in [4.69, 9.17) is 11.6 Å². The van der Waals surface area contributed by atoms with Crippen LogP contribution in [0.25, 0.3) is 0 Å². The summed E-state index contributed by atoms with van der Waals surface area (Å²) >= 11 is 5.92. The van der Waals surface area contributed by atoms with Gasteiger partial charge in [-0.05, 0) is 37.9 Å². The van der Waals surface area contributed by atoms with Gasteiger partial charge >= 0.3 is 5.97 Å². The van der Waals surface area contributed by atoms with Crippen LogP contribution in [0.4, 0.5) is 5.69 Å². The summed E-state index contributed by atoms with van der Waals surface area (Å²) in [7, 11) is 0. The lowest BCUT2D eigenvalue weighted by Gasteiger charge is -2.35. The Hall–Kier alpha value is -1.59. The predicted molar refractivity (Wildman–Crippen MR) is 81.9 cm³/mol. The van der Waals surface area contributed by atoms with Crippen LogP contribution in [-0.4, -0.2) is 30.1 Å². The fraction of sp³-hybridized carbons (Fsp3) is 0.467. The fourth-order valence-electron chi connectivity index (χ4n) is 2.72. The van der Waals surface area contributed by atoms with Gasteiger partial charge in [0.05, 0.1) is 16.1 Å². The van der Waals surface area contributed by atoms with E-state index < -0.39 is 11.4 Å². The molecule has 0 bridgehead atoms. The quantitative estimate of drug-likeness (QED) is 0.799. The van der Waals surface area contributed by atoms with Crippen molar-refractivity contribution < 1.29 is 14.7 Å². The number of piperidine rings is 1. The molecule has 1 unspecified atom stereocenters. The Kier molecular flexibility index (Phi) is 4.85. The van der Waals surface area contributed by atoms with Gasteiger partial charge in [0.2, 0.25) is 5.91 Å². The smallest absolute Gasteiger partial charge is 0.339 e. The van der Waals surface area contributed by atoms with Gasteiger partial charge in [0, 0.05) is 6.54 Å². The van der Waals surface area contributed by atoms with Gasteiger partial charge < -0.3 is 15.7 Å². The van der Waals surface area contributed by atoms with Crippen molar-refractivity contribution in [3.05, 3.63) is 28.8 Å². The number of carbonyl (C=O) groups is 2. The van der Waals surface area contributed by atoms with Crippen molar-refractivity contribution in [1.82, 2.24) is 5.32 Å². The second kappa shape index (κ2) is 6.45. The van der Waals surface area contributed by atoms with Crippen LogP contribution in [0.3, 0.4) is 0 Å². The lowest BCUT2D eigenvalue weighted by Crippen LogP contribution is -2.47. The lowest BCUT2D eigenvalue weighted by atomic mass is 9.77. The molecular formula is C15H19ClN2O3. The van der Waals surface area contributed by atoms with Gasteiger partial charge in [-0.3, -0.25) is 4.79 Å². The number of halogens is 1. The minimum Gasteiger partial charge on any atom is -0.478 e. The monoisotopic (exact) mass is 310 g/mol. The number of hydrogen-bond acceptors (Lipinski definition) is 3. The van der Waals surface area contributed by atoms with Gasteiger partial charge in [-0.25, -0.2) is 4.79 Å². The summed E-state index contributed by atoms with van der Waals surface area (Å²) in [6.07, 6.45) is 2.43. The molecule has 0 spiro atoms. The van der Waals surface area contributed by atoms with Crippen molar-refractivity contribution in [2.24, 2.45) is 5.41 Å². The van der Waals surface area contributed by atoms with Crippen LogP contribution >= 0.6 is 11.6 Å². The molecule has 1 aliphatic rings. The standard InChI is InChI=1S/C15H19ClN2O3/c1-2-15(7-4-8-17-9-15)14(21)18-11-6-3-5-10(16)12(11)13(19)20/h3,5-6,17H,2,4,7-9H2,1H3,(H,18,21)(H,19,20). The van der Waals surface area contributed by atoms with Crippen LogP contribution in [0.2, 0.25) is 5.02 Å². The molecule has 0 aromatic heterocycles. The summed E-state index contributed by atoms with van der Waals surface area (Å²) in [6, 6.07) is 4.69. The molecule has 1 aliphatic heterocycles. The highest BCUT2D eigenvalue weighted by Crippen LogP contribution is 2.33. The van der Waals surface area contributed by atoms with Gasteiger partial charge in [0.25, 0.3) is 0 Å². The normalized spacial score (nSPS) is 21.8. The number of hydrogen-bond donors (Lipinski definition) is 3. The maximum atomic E-state index is 12.6. The molecule has 114 valence electrons. The van der Waals surface area contributed by atoms with E-state index in [1.54, 1.807) is 12.1 Å². The Bertz CT molecular complexity index is 554. The Balaban J connectivity index is 2.27. The molecular weight excluding hydrogens is 292 g/mol. The van der Waals surface area contributed by atoms with Crippen molar-refractivity contribution in [2.45, 2.75) is 26.2 Å². The zero-order chi connectivity index (χ0) is 15.5. The maximum absolute atomic E-state index is 12.6. The molecule has 1 fully saturated rings. The summed E-state index contributed by atoms with van der Waals surface area (Å²) in [5.41, 5.74) is -0.308. The van der Waals surface area contributed by atoms with Crippen LogP contribution in [0.5, 0.6) is 0 Å². The van der Waals surface area contributed by atoms with E-state index >= 15 is 0 Å².